The Morgan fingerprint density at radius 3 is 2.57 bits per heavy atom. The van der Waals surface area contributed by atoms with Crippen LogP contribution in [0.1, 0.15) is 26.2 Å². The van der Waals surface area contributed by atoms with Crippen LogP contribution in [0.3, 0.4) is 0 Å². The van der Waals surface area contributed by atoms with Crippen LogP contribution in [0.25, 0.3) is 0 Å². The van der Waals surface area contributed by atoms with Crippen LogP contribution in [0.5, 0.6) is 0 Å². The molecule has 0 aliphatic heterocycles. The molecule has 2 N–H and O–H groups in total. The van der Waals surface area contributed by atoms with Gasteiger partial charge in [0.2, 0.25) is 0 Å². The van der Waals surface area contributed by atoms with Gasteiger partial charge in [0.1, 0.15) is 0 Å². The zero-order valence-electron chi connectivity index (χ0n) is 9.70. The SMILES string of the molecule is CSCCC(C)N(C)C(CN)C1CC1. The highest BCUT2D eigenvalue weighted by Crippen LogP contribution is 2.35. The molecule has 0 bridgehead atoms. The summed E-state index contributed by atoms with van der Waals surface area (Å²) in [4.78, 5) is 2.49. The number of nitrogens with zero attached hydrogens (tertiary/aromatic N) is 1. The monoisotopic (exact) mass is 216 g/mol. The summed E-state index contributed by atoms with van der Waals surface area (Å²) >= 11 is 1.93. The maximum absolute atomic E-state index is 5.83. The molecule has 0 aromatic carbocycles. The first kappa shape index (κ1) is 12.3. The second-order valence-corrected chi connectivity index (χ2v) is 5.42. The standard InChI is InChI=1S/C11H24N2S/c1-9(6-7-14-3)13(2)11(8-12)10-4-5-10/h9-11H,4-8,12H2,1-3H3. The van der Waals surface area contributed by atoms with Crippen LogP contribution in [-0.2, 0) is 0 Å². The lowest BCUT2D eigenvalue weighted by Crippen LogP contribution is -2.44. The zero-order valence-corrected chi connectivity index (χ0v) is 10.5. The van der Waals surface area contributed by atoms with Crippen LogP contribution in [0.2, 0.25) is 0 Å². The van der Waals surface area contributed by atoms with Crippen LogP contribution >= 0.6 is 11.8 Å². The Balaban J connectivity index is 2.32. The maximum atomic E-state index is 5.83. The Labute approximate surface area is 92.6 Å². The Morgan fingerprint density at radius 2 is 2.14 bits per heavy atom. The van der Waals surface area contributed by atoms with E-state index in [2.05, 4.69) is 25.1 Å². The molecule has 0 saturated heterocycles. The van der Waals surface area contributed by atoms with Crippen LogP contribution in [-0.4, -0.2) is 42.6 Å². The van der Waals surface area contributed by atoms with Crippen molar-refractivity contribution < 1.29 is 0 Å². The van der Waals surface area contributed by atoms with E-state index < -0.39 is 0 Å². The van der Waals surface area contributed by atoms with Crippen molar-refractivity contribution in [1.29, 1.82) is 0 Å². The summed E-state index contributed by atoms with van der Waals surface area (Å²) in [6, 6.07) is 1.31. The van der Waals surface area contributed by atoms with Gasteiger partial charge in [0, 0.05) is 18.6 Å². The van der Waals surface area contributed by atoms with Gasteiger partial charge < -0.3 is 5.73 Å². The molecule has 0 spiro atoms. The summed E-state index contributed by atoms with van der Waals surface area (Å²) in [5, 5.41) is 0. The van der Waals surface area contributed by atoms with Crippen LogP contribution in [0.15, 0.2) is 0 Å². The molecule has 0 amide bonds. The van der Waals surface area contributed by atoms with Gasteiger partial charge in [0.25, 0.3) is 0 Å². The first-order valence-electron chi connectivity index (χ1n) is 5.61. The van der Waals surface area contributed by atoms with Gasteiger partial charge in [0.05, 0.1) is 0 Å². The van der Waals surface area contributed by atoms with Gasteiger partial charge in [0.15, 0.2) is 0 Å². The van der Waals surface area contributed by atoms with Gasteiger partial charge in [-0.25, -0.2) is 0 Å². The molecule has 1 aliphatic rings. The first-order valence-corrected chi connectivity index (χ1v) is 7.01. The van der Waals surface area contributed by atoms with E-state index in [1.807, 2.05) is 11.8 Å². The average molecular weight is 216 g/mol. The third-order valence-electron chi connectivity index (χ3n) is 3.37. The largest absolute Gasteiger partial charge is 0.329 e. The summed E-state index contributed by atoms with van der Waals surface area (Å²) < 4.78 is 0. The molecule has 0 aromatic rings. The van der Waals surface area contributed by atoms with E-state index in [0.717, 1.165) is 12.5 Å². The van der Waals surface area contributed by atoms with Crippen LogP contribution in [0.4, 0.5) is 0 Å². The number of thioether (sulfide) groups is 1. The third kappa shape index (κ3) is 3.44. The Kier molecular flexibility index (Phi) is 5.28. The second-order valence-electron chi connectivity index (χ2n) is 4.44. The lowest BCUT2D eigenvalue weighted by molar-refractivity contribution is 0.166. The molecule has 0 heterocycles. The molecule has 2 unspecified atom stereocenters. The fraction of sp³-hybridized carbons (Fsp3) is 1.00. The summed E-state index contributed by atoms with van der Waals surface area (Å²) in [6.07, 6.45) is 6.23. The van der Waals surface area contributed by atoms with Crippen molar-refractivity contribution in [3.05, 3.63) is 0 Å². The van der Waals surface area contributed by atoms with Gasteiger partial charge in [-0.3, -0.25) is 4.90 Å². The topological polar surface area (TPSA) is 29.3 Å². The molecular formula is C11H24N2S. The lowest BCUT2D eigenvalue weighted by Gasteiger charge is -2.32. The fourth-order valence-corrected chi connectivity index (χ4v) is 2.57. The normalized spacial score (nSPS) is 21.2. The van der Waals surface area contributed by atoms with Crippen molar-refractivity contribution in [3.8, 4) is 0 Å². The maximum Gasteiger partial charge on any atom is 0.0246 e. The van der Waals surface area contributed by atoms with Gasteiger partial charge in [-0.1, -0.05) is 0 Å². The minimum absolute atomic E-state index is 0.631. The van der Waals surface area contributed by atoms with Gasteiger partial charge in [-0.2, -0.15) is 11.8 Å². The Morgan fingerprint density at radius 1 is 1.50 bits per heavy atom. The second kappa shape index (κ2) is 5.99. The summed E-state index contributed by atoms with van der Waals surface area (Å²) in [7, 11) is 2.24. The van der Waals surface area contributed by atoms with Crippen molar-refractivity contribution in [3.63, 3.8) is 0 Å². The Hall–Kier alpha value is 0.270. The molecule has 2 nitrogen and oxygen atoms in total. The molecule has 14 heavy (non-hydrogen) atoms. The highest BCUT2D eigenvalue weighted by Gasteiger charge is 2.34. The molecule has 84 valence electrons. The minimum Gasteiger partial charge on any atom is -0.329 e. The number of hydrogen-bond acceptors (Lipinski definition) is 3. The molecule has 1 aliphatic carbocycles. The summed E-state index contributed by atoms with van der Waals surface area (Å²) in [5.41, 5.74) is 5.83. The minimum atomic E-state index is 0.631. The molecule has 1 saturated carbocycles. The highest BCUT2D eigenvalue weighted by atomic mass is 32.2. The van der Waals surface area contributed by atoms with Crippen molar-refractivity contribution in [2.75, 3.05) is 25.6 Å². The zero-order chi connectivity index (χ0) is 10.6. The van der Waals surface area contributed by atoms with Crippen LogP contribution in [0, 0.1) is 5.92 Å². The lowest BCUT2D eigenvalue weighted by atomic mass is 10.1. The van der Waals surface area contributed by atoms with Gasteiger partial charge in [-0.15, -0.1) is 0 Å². The summed E-state index contributed by atoms with van der Waals surface area (Å²) in [5.74, 6) is 2.15. The molecule has 3 heteroatoms. The highest BCUT2D eigenvalue weighted by molar-refractivity contribution is 7.98. The Bertz CT molecular complexity index is 159. The number of hydrogen-bond donors (Lipinski definition) is 1. The molecule has 1 fully saturated rings. The third-order valence-corrected chi connectivity index (χ3v) is 4.01. The van der Waals surface area contributed by atoms with Gasteiger partial charge >= 0.3 is 0 Å². The molecule has 2 atom stereocenters. The predicted molar refractivity (Wildman–Crippen MR) is 65.8 cm³/mol. The summed E-state index contributed by atoms with van der Waals surface area (Å²) in [6.45, 7) is 3.14. The first-order chi connectivity index (χ1) is 6.70. The average Bonchev–Trinajstić information content (AvgIpc) is 2.99. The molecule has 1 rings (SSSR count). The van der Waals surface area contributed by atoms with E-state index in [4.69, 9.17) is 5.73 Å². The van der Waals surface area contributed by atoms with E-state index >= 15 is 0 Å². The van der Waals surface area contributed by atoms with Crippen molar-refractivity contribution in [1.82, 2.24) is 4.90 Å². The van der Waals surface area contributed by atoms with E-state index in [-0.39, 0.29) is 0 Å². The van der Waals surface area contributed by atoms with Crippen molar-refractivity contribution >= 4 is 11.8 Å². The van der Waals surface area contributed by atoms with E-state index in [1.54, 1.807) is 0 Å². The van der Waals surface area contributed by atoms with E-state index in [1.165, 1.54) is 25.0 Å². The molecule has 0 aromatic heterocycles. The van der Waals surface area contributed by atoms with Crippen molar-refractivity contribution in [2.24, 2.45) is 11.7 Å². The smallest absolute Gasteiger partial charge is 0.0246 e. The predicted octanol–water partition coefficient (Wildman–Crippen LogP) is 1.80. The van der Waals surface area contributed by atoms with Gasteiger partial charge in [-0.05, 0) is 51.2 Å². The van der Waals surface area contributed by atoms with E-state index in [0.29, 0.717) is 12.1 Å². The number of likely N-dealkylation sites (N-methyl/N-ethyl adjacent to an activating group) is 1. The van der Waals surface area contributed by atoms with Crippen LogP contribution < -0.4 is 5.73 Å². The number of nitrogens with two attached hydrogens (primary N) is 1. The van der Waals surface area contributed by atoms with E-state index in [9.17, 15) is 0 Å². The number of rotatable bonds is 7. The molecule has 0 radical (unpaired) electrons. The van der Waals surface area contributed by atoms with Crippen molar-refractivity contribution in [2.45, 2.75) is 38.3 Å². The quantitative estimate of drug-likeness (QED) is 0.703. The molecular weight excluding hydrogens is 192 g/mol. The fourth-order valence-electron chi connectivity index (χ4n) is 1.99.